The highest BCUT2D eigenvalue weighted by atomic mass is 79.9. The van der Waals surface area contributed by atoms with Gasteiger partial charge in [0.1, 0.15) is 0 Å². The van der Waals surface area contributed by atoms with Gasteiger partial charge in [-0.05, 0) is 65.8 Å². The first-order chi connectivity index (χ1) is 8.29. The lowest BCUT2D eigenvalue weighted by Gasteiger charge is -2.34. The van der Waals surface area contributed by atoms with E-state index < -0.39 is 0 Å². The van der Waals surface area contributed by atoms with Crippen molar-refractivity contribution in [1.82, 2.24) is 5.32 Å². The highest BCUT2D eigenvalue weighted by Crippen LogP contribution is 2.41. The largest absolute Gasteiger partial charge is 0.370 e. The van der Waals surface area contributed by atoms with Gasteiger partial charge in [0.15, 0.2) is 0 Å². The van der Waals surface area contributed by atoms with Crippen molar-refractivity contribution >= 4 is 21.6 Å². The van der Waals surface area contributed by atoms with E-state index in [0.29, 0.717) is 5.41 Å². The third-order valence-electron chi connectivity index (χ3n) is 4.30. The Balaban J connectivity index is 1.77. The van der Waals surface area contributed by atoms with E-state index in [1.165, 1.54) is 55.6 Å². The van der Waals surface area contributed by atoms with E-state index >= 15 is 0 Å². The molecule has 0 aliphatic carbocycles. The Kier molecular flexibility index (Phi) is 3.14. The first-order valence-electron chi connectivity index (χ1n) is 6.49. The van der Waals surface area contributed by atoms with Crippen LogP contribution in [0.25, 0.3) is 0 Å². The maximum atomic E-state index is 3.66. The van der Waals surface area contributed by atoms with Gasteiger partial charge in [0, 0.05) is 17.6 Å². The Morgan fingerprint density at radius 1 is 1.12 bits per heavy atom. The first-order valence-corrected chi connectivity index (χ1v) is 7.29. The predicted octanol–water partition coefficient (Wildman–Crippen LogP) is 3.03. The van der Waals surface area contributed by atoms with Crippen LogP contribution in [0.5, 0.6) is 0 Å². The number of hydrogen-bond acceptors (Lipinski definition) is 2. The molecule has 1 N–H and O–H groups in total. The summed E-state index contributed by atoms with van der Waals surface area (Å²) in [4.78, 5) is 2.55. The zero-order chi connectivity index (χ0) is 11.7. The number of benzene rings is 1. The van der Waals surface area contributed by atoms with Gasteiger partial charge in [-0.1, -0.05) is 12.1 Å². The molecule has 0 radical (unpaired) electrons. The minimum Gasteiger partial charge on any atom is -0.370 e. The zero-order valence-corrected chi connectivity index (χ0v) is 11.7. The molecule has 0 aromatic heterocycles. The number of para-hydroxylation sites is 1. The number of nitrogens with one attached hydrogen (secondary N) is 1. The third kappa shape index (κ3) is 2.23. The molecule has 2 aliphatic rings. The SMILES string of the molecule is Brc1ccccc1N1CCC2(CCNCC2)C1. The Morgan fingerprint density at radius 3 is 2.65 bits per heavy atom. The van der Waals surface area contributed by atoms with Crippen LogP contribution >= 0.6 is 15.9 Å². The predicted molar refractivity (Wildman–Crippen MR) is 75.5 cm³/mol. The Bertz CT molecular complexity index is 399. The number of piperidine rings is 1. The summed E-state index contributed by atoms with van der Waals surface area (Å²) >= 11 is 3.66. The quantitative estimate of drug-likeness (QED) is 0.856. The molecular weight excluding hydrogens is 276 g/mol. The number of nitrogens with zero attached hydrogens (tertiary/aromatic N) is 1. The molecule has 2 fully saturated rings. The molecule has 3 rings (SSSR count). The maximum absolute atomic E-state index is 3.66. The topological polar surface area (TPSA) is 15.3 Å². The molecule has 2 aliphatic heterocycles. The molecule has 2 heterocycles. The van der Waals surface area contributed by atoms with Crippen LogP contribution in [0.15, 0.2) is 28.7 Å². The molecule has 0 unspecified atom stereocenters. The molecule has 17 heavy (non-hydrogen) atoms. The van der Waals surface area contributed by atoms with E-state index in [2.05, 4.69) is 50.4 Å². The monoisotopic (exact) mass is 294 g/mol. The fraction of sp³-hybridized carbons (Fsp3) is 0.571. The molecule has 0 saturated carbocycles. The van der Waals surface area contributed by atoms with Crippen molar-refractivity contribution in [2.24, 2.45) is 5.41 Å². The van der Waals surface area contributed by atoms with Crippen molar-refractivity contribution in [3.8, 4) is 0 Å². The first kappa shape index (κ1) is 11.5. The van der Waals surface area contributed by atoms with Crippen molar-refractivity contribution < 1.29 is 0 Å². The second-order valence-corrected chi connectivity index (χ2v) is 6.23. The summed E-state index contributed by atoms with van der Waals surface area (Å²) in [5.41, 5.74) is 1.95. The summed E-state index contributed by atoms with van der Waals surface area (Å²) in [5, 5.41) is 3.47. The van der Waals surface area contributed by atoms with Gasteiger partial charge in [-0.2, -0.15) is 0 Å². The minimum absolute atomic E-state index is 0.584. The Hall–Kier alpha value is -0.540. The molecule has 1 spiro atoms. The van der Waals surface area contributed by atoms with Gasteiger partial charge < -0.3 is 10.2 Å². The van der Waals surface area contributed by atoms with Gasteiger partial charge in [0.2, 0.25) is 0 Å². The lowest BCUT2D eigenvalue weighted by Crippen LogP contribution is -2.38. The molecule has 1 aromatic carbocycles. The number of hydrogen-bond donors (Lipinski definition) is 1. The van der Waals surface area contributed by atoms with E-state index in [-0.39, 0.29) is 0 Å². The second kappa shape index (κ2) is 4.62. The Morgan fingerprint density at radius 2 is 1.88 bits per heavy atom. The van der Waals surface area contributed by atoms with Crippen LogP contribution in [0.2, 0.25) is 0 Å². The number of rotatable bonds is 1. The summed E-state index contributed by atoms with van der Waals surface area (Å²) in [6.45, 7) is 4.84. The summed E-state index contributed by atoms with van der Waals surface area (Å²) in [6.07, 6.45) is 4.04. The number of halogens is 1. The van der Waals surface area contributed by atoms with E-state index in [4.69, 9.17) is 0 Å². The summed E-state index contributed by atoms with van der Waals surface area (Å²) in [7, 11) is 0. The zero-order valence-electron chi connectivity index (χ0n) is 10.1. The van der Waals surface area contributed by atoms with Crippen LogP contribution in [0, 0.1) is 5.41 Å². The van der Waals surface area contributed by atoms with Crippen molar-refractivity contribution in [1.29, 1.82) is 0 Å². The molecule has 2 nitrogen and oxygen atoms in total. The highest BCUT2D eigenvalue weighted by molar-refractivity contribution is 9.10. The van der Waals surface area contributed by atoms with E-state index in [1.807, 2.05) is 0 Å². The molecule has 0 amide bonds. The lowest BCUT2D eigenvalue weighted by molar-refractivity contribution is 0.232. The van der Waals surface area contributed by atoms with Crippen LogP contribution in [0.1, 0.15) is 19.3 Å². The van der Waals surface area contributed by atoms with E-state index in [1.54, 1.807) is 0 Å². The van der Waals surface area contributed by atoms with Crippen molar-refractivity contribution in [3.63, 3.8) is 0 Å². The summed E-state index contributed by atoms with van der Waals surface area (Å²) in [5.74, 6) is 0. The molecule has 0 atom stereocenters. The van der Waals surface area contributed by atoms with Crippen LogP contribution in [-0.2, 0) is 0 Å². The molecule has 1 aromatic rings. The van der Waals surface area contributed by atoms with Crippen molar-refractivity contribution in [2.75, 3.05) is 31.1 Å². The van der Waals surface area contributed by atoms with Crippen LogP contribution in [0.3, 0.4) is 0 Å². The van der Waals surface area contributed by atoms with Crippen molar-refractivity contribution in [3.05, 3.63) is 28.7 Å². The van der Waals surface area contributed by atoms with Crippen molar-refractivity contribution in [2.45, 2.75) is 19.3 Å². The van der Waals surface area contributed by atoms with Gasteiger partial charge >= 0.3 is 0 Å². The third-order valence-corrected chi connectivity index (χ3v) is 4.97. The normalized spacial score (nSPS) is 23.2. The smallest absolute Gasteiger partial charge is 0.0510 e. The van der Waals surface area contributed by atoms with E-state index in [9.17, 15) is 0 Å². The average Bonchev–Trinajstić information content (AvgIpc) is 2.74. The van der Waals surface area contributed by atoms with Gasteiger partial charge in [-0.25, -0.2) is 0 Å². The molecular formula is C14H19BrN2. The molecule has 2 saturated heterocycles. The molecule has 3 heteroatoms. The second-order valence-electron chi connectivity index (χ2n) is 5.37. The highest BCUT2D eigenvalue weighted by Gasteiger charge is 2.39. The van der Waals surface area contributed by atoms with Gasteiger partial charge in [0.25, 0.3) is 0 Å². The van der Waals surface area contributed by atoms with Crippen LogP contribution in [-0.4, -0.2) is 26.2 Å². The lowest BCUT2D eigenvalue weighted by atomic mass is 9.78. The standard InChI is InChI=1S/C14H19BrN2/c15-12-3-1-2-4-13(12)17-10-7-14(11-17)5-8-16-9-6-14/h1-4,16H,5-11H2. The number of anilines is 1. The fourth-order valence-corrected chi connectivity index (χ4v) is 3.75. The average molecular weight is 295 g/mol. The summed E-state index contributed by atoms with van der Waals surface area (Å²) in [6, 6.07) is 8.59. The van der Waals surface area contributed by atoms with Gasteiger partial charge in [-0.15, -0.1) is 0 Å². The fourth-order valence-electron chi connectivity index (χ4n) is 3.21. The summed E-state index contributed by atoms with van der Waals surface area (Å²) < 4.78 is 1.23. The van der Waals surface area contributed by atoms with Crippen LogP contribution < -0.4 is 10.2 Å². The maximum Gasteiger partial charge on any atom is 0.0510 e. The Labute approximate surface area is 112 Å². The van der Waals surface area contributed by atoms with Crippen LogP contribution in [0.4, 0.5) is 5.69 Å². The van der Waals surface area contributed by atoms with E-state index in [0.717, 1.165) is 0 Å². The van der Waals surface area contributed by atoms with Gasteiger partial charge in [0.05, 0.1) is 5.69 Å². The molecule has 92 valence electrons. The van der Waals surface area contributed by atoms with Gasteiger partial charge in [-0.3, -0.25) is 0 Å². The molecule has 0 bridgehead atoms. The minimum atomic E-state index is 0.584.